The molecule has 0 aliphatic heterocycles. The predicted molar refractivity (Wildman–Crippen MR) is 54.0 cm³/mol. The van der Waals surface area contributed by atoms with Gasteiger partial charge in [0.15, 0.2) is 0 Å². The fourth-order valence-corrected chi connectivity index (χ4v) is 2.53. The van der Waals surface area contributed by atoms with Crippen LogP contribution in [0.2, 0.25) is 6.04 Å². The van der Waals surface area contributed by atoms with Gasteiger partial charge in [0.1, 0.15) is 0 Å². The lowest BCUT2D eigenvalue weighted by Crippen LogP contribution is -2.02. The lowest BCUT2D eigenvalue weighted by molar-refractivity contribution is 0.192. The molecule has 0 aromatic carbocycles. The van der Waals surface area contributed by atoms with Crippen molar-refractivity contribution >= 4 is 9.52 Å². The molecule has 0 radical (unpaired) electrons. The van der Waals surface area contributed by atoms with Crippen molar-refractivity contribution in [2.75, 3.05) is 12.8 Å². The van der Waals surface area contributed by atoms with Crippen LogP contribution in [0.15, 0.2) is 0 Å². The second-order valence-corrected chi connectivity index (χ2v) is 4.79. The predicted octanol–water partition coefficient (Wildman–Crippen LogP) is 2.15. The molecule has 0 atom stereocenters. The Morgan fingerprint density at radius 2 is 1.91 bits per heavy atom. The van der Waals surface area contributed by atoms with E-state index in [9.17, 15) is 0 Å². The molecule has 0 unspecified atom stereocenters. The summed E-state index contributed by atoms with van der Waals surface area (Å²) in [6.45, 7) is 5.24. The number of unbranched alkanes of at least 4 members (excludes halogenated alkanes) is 3. The fraction of sp³-hybridized carbons (Fsp3) is 1.00. The highest BCUT2D eigenvalue weighted by atomic mass is 28.2. The third-order valence-corrected chi connectivity index (χ3v) is 3.42. The molecule has 0 heterocycles. The van der Waals surface area contributed by atoms with Crippen molar-refractivity contribution in [3.05, 3.63) is 0 Å². The van der Waals surface area contributed by atoms with E-state index >= 15 is 0 Å². The van der Waals surface area contributed by atoms with E-state index in [2.05, 4.69) is 13.8 Å². The Labute approximate surface area is 73.3 Å². The second kappa shape index (κ2) is 10.2. The molecule has 0 rings (SSSR count). The normalized spacial score (nSPS) is 11.5. The first-order valence-electron chi connectivity index (χ1n) is 4.99. The first kappa shape index (κ1) is 11.2. The summed E-state index contributed by atoms with van der Waals surface area (Å²) < 4.78 is 5.30. The number of hydrogen-bond acceptors (Lipinski definition) is 1. The Morgan fingerprint density at radius 3 is 2.55 bits per heavy atom. The Balaban J connectivity index is 2.69. The standard InChI is InChI=1S/C9H22OSi/c1-3-5-6-7-8-11-9-10-4-2/h3-9,11H2,1-2H3. The molecular weight excluding hydrogens is 152 g/mol. The van der Waals surface area contributed by atoms with E-state index in [1.54, 1.807) is 0 Å². The molecule has 1 nitrogen and oxygen atoms in total. The zero-order valence-corrected chi connectivity index (χ0v) is 9.48. The van der Waals surface area contributed by atoms with Gasteiger partial charge >= 0.3 is 0 Å². The van der Waals surface area contributed by atoms with Crippen LogP contribution in [0.25, 0.3) is 0 Å². The van der Waals surface area contributed by atoms with Gasteiger partial charge in [0.2, 0.25) is 0 Å². The summed E-state index contributed by atoms with van der Waals surface area (Å²) in [5.41, 5.74) is 0. The molecule has 0 aliphatic carbocycles. The van der Waals surface area contributed by atoms with Crippen LogP contribution in [-0.4, -0.2) is 22.4 Å². The summed E-state index contributed by atoms with van der Waals surface area (Å²) in [5, 5.41) is 0. The Morgan fingerprint density at radius 1 is 1.09 bits per heavy atom. The maximum absolute atomic E-state index is 5.30. The van der Waals surface area contributed by atoms with Crippen molar-refractivity contribution in [3.63, 3.8) is 0 Å². The highest BCUT2D eigenvalue weighted by Gasteiger charge is 1.89. The molecule has 0 fully saturated rings. The molecule has 2 heteroatoms. The molecule has 0 saturated carbocycles. The minimum Gasteiger partial charge on any atom is -0.386 e. The quantitative estimate of drug-likeness (QED) is 0.405. The van der Waals surface area contributed by atoms with E-state index in [-0.39, 0.29) is 9.52 Å². The average Bonchev–Trinajstić information content (AvgIpc) is 2.03. The molecule has 0 aliphatic rings. The zero-order valence-electron chi connectivity index (χ0n) is 8.07. The topological polar surface area (TPSA) is 9.23 Å². The van der Waals surface area contributed by atoms with Crippen LogP contribution < -0.4 is 0 Å². The van der Waals surface area contributed by atoms with Crippen molar-refractivity contribution in [2.45, 2.75) is 45.6 Å². The lowest BCUT2D eigenvalue weighted by Gasteiger charge is -1.99. The minimum absolute atomic E-state index is 0.150. The molecule has 0 bridgehead atoms. The van der Waals surface area contributed by atoms with Crippen LogP contribution in [0.3, 0.4) is 0 Å². The van der Waals surface area contributed by atoms with Crippen molar-refractivity contribution in [2.24, 2.45) is 0 Å². The van der Waals surface area contributed by atoms with Gasteiger partial charge < -0.3 is 4.74 Å². The van der Waals surface area contributed by atoms with Crippen LogP contribution in [0.5, 0.6) is 0 Å². The van der Waals surface area contributed by atoms with Crippen LogP contribution in [0, 0.1) is 0 Å². The number of hydrogen-bond donors (Lipinski definition) is 0. The van der Waals surface area contributed by atoms with Crippen LogP contribution in [0.4, 0.5) is 0 Å². The van der Waals surface area contributed by atoms with E-state index in [0.29, 0.717) is 0 Å². The monoisotopic (exact) mass is 174 g/mol. The molecule has 0 saturated heterocycles. The third-order valence-electron chi connectivity index (χ3n) is 1.85. The van der Waals surface area contributed by atoms with Gasteiger partial charge in [0.25, 0.3) is 0 Å². The van der Waals surface area contributed by atoms with Crippen molar-refractivity contribution < 1.29 is 4.74 Å². The molecule has 0 aromatic heterocycles. The lowest BCUT2D eigenvalue weighted by atomic mass is 10.2. The summed E-state index contributed by atoms with van der Waals surface area (Å²) in [5.74, 6) is 0. The zero-order chi connectivity index (χ0) is 8.36. The van der Waals surface area contributed by atoms with Crippen LogP contribution in [-0.2, 0) is 4.74 Å². The minimum atomic E-state index is 0.150. The molecule has 0 aromatic rings. The van der Waals surface area contributed by atoms with E-state index in [1.165, 1.54) is 31.7 Å². The van der Waals surface area contributed by atoms with E-state index in [0.717, 1.165) is 12.8 Å². The van der Waals surface area contributed by atoms with E-state index < -0.39 is 0 Å². The van der Waals surface area contributed by atoms with Crippen molar-refractivity contribution in [1.29, 1.82) is 0 Å². The summed E-state index contributed by atoms with van der Waals surface area (Å²) in [7, 11) is 0.150. The Bertz CT molecular complexity index is 58.6. The number of ether oxygens (including phenoxy) is 1. The van der Waals surface area contributed by atoms with Gasteiger partial charge in [-0.1, -0.05) is 38.7 Å². The maximum Gasteiger partial charge on any atom is 0.0516 e. The first-order chi connectivity index (χ1) is 5.41. The van der Waals surface area contributed by atoms with Gasteiger partial charge in [-0.15, -0.1) is 0 Å². The molecule has 11 heavy (non-hydrogen) atoms. The number of rotatable bonds is 8. The SMILES string of the molecule is CCCCCC[SiH2]COCC. The smallest absolute Gasteiger partial charge is 0.0516 e. The average molecular weight is 174 g/mol. The summed E-state index contributed by atoms with van der Waals surface area (Å²) in [6.07, 6.45) is 6.77. The Kier molecular flexibility index (Phi) is 10.3. The largest absolute Gasteiger partial charge is 0.386 e. The van der Waals surface area contributed by atoms with Gasteiger partial charge in [-0.25, -0.2) is 0 Å². The highest BCUT2D eigenvalue weighted by molar-refractivity contribution is 6.35. The first-order valence-corrected chi connectivity index (χ1v) is 6.99. The molecule has 0 N–H and O–H groups in total. The third kappa shape index (κ3) is 10.2. The molecule has 0 spiro atoms. The van der Waals surface area contributed by atoms with E-state index in [1.807, 2.05) is 0 Å². The summed E-state index contributed by atoms with van der Waals surface area (Å²) in [4.78, 5) is 0. The summed E-state index contributed by atoms with van der Waals surface area (Å²) in [6, 6.07) is 1.49. The van der Waals surface area contributed by atoms with Gasteiger partial charge in [-0.2, -0.15) is 0 Å². The van der Waals surface area contributed by atoms with Gasteiger partial charge in [-0.3, -0.25) is 0 Å². The Hall–Kier alpha value is 0.177. The molecule has 68 valence electrons. The highest BCUT2D eigenvalue weighted by Crippen LogP contribution is 2.01. The van der Waals surface area contributed by atoms with Gasteiger partial charge in [-0.05, 0) is 6.92 Å². The molecular formula is C9H22OSi. The summed E-state index contributed by atoms with van der Waals surface area (Å²) >= 11 is 0. The molecule has 0 amide bonds. The van der Waals surface area contributed by atoms with Crippen LogP contribution >= 0.6 is 0 Å². The fourth-order valence-electron chi connectivity index (χ4n) is 1.13. The van der Waals surface area contributed by atoms with Crippen molar-refractivity contribution in [1.82, 2.24) is 0 Å². The van der Waals surface area contributed by atoms with Gasteiger partial charge in [0.05, 0.1) is 9.52 Å². The second-order valence-electron chi connectivity index (χ2n) is 2.96. The van der Waals surface area contributed by atoms with Gasteiger partial charge in [0, 0.05) is 12.8 Å². The van der Waals surface area contributed by atoms with E-state index in [4.69, 9.17) is 4.74 Å². The van der Waals surface area contributed by atoms with Crippen LogP contribution in [0.1, 0.15) is 39.5 Å². The maximum atomic E-state index is 5.30. The van der Waals surface area contributed by atoms with Crippen molar-refractivity contribution in [3.8, 4) is 0 Å².